The van der Waals surface area contributed by atoms with Crippen molar-refractivity contribution in [2.45, 2.75) is 44.2 Å². The molecule has 0 aromatic heterocycles. The molecule has 0 unspecified atom stereocenters. The van der Waals surface area contributed by atoms with Crippen LogP contribution in [0.3, 0.4) is 0 Å². The Labute approximate surface area is 208 Å². The van der Waals surface area contributed by atoms with Crippen LogP contribution in [0.2, 0.25) is 10.0 Å². The molecule has 1 aliphatic rings. The minimum Gasteiger partial charge on any atom is -0.355 e. The summed E-state index contributed by atoms with van der Waals surface area (Å²) in [5, 5.41) is 3.49. The van der Waals surface area contributed by atoms with Gasteiger partial charge in [0, 0.05) is 36.1 Å². The summed E-state index contributed by atoms with van der Waals surface area (Å²) < 4.78 is 26.3. The SMILES string of the molecule is CCNC(=O)[C@H](CC)N(Cc1ccc(Cl)cc1Cl)C(=O)CCN1C(=O)c2ccccc2S1(=O)=O. The Bertz CT molecular complexity index is 1220. The lowest BCUT2D eigenvalue weighted by Gasteiger charge is -2.31. The van der Waals surface area contributed by atoms with E-state index in [1.165, 1.54) is 23.1 Å². The number of hydrogen-bond donors (Lipinski definition) is 1. The number of sulfonamides is 1. The molecule has 0 saturated carbocycles. The molecule has 0 saturated heterocycles. The number of halogens is 2. The van der Waals surface area contributed by atoms with Gasteiger partial charge in [-0.25, -0.2) is 12.7 Å². The molecular weight excluding hydrogens is 501 g/mol. The highest BCUT2D eigenvalue weighted by Crippen LogP contribution is 2.30. The molecule has 1 atom stereocenters. The lowest BCUT2D eigenvalue weighted by molar-refractivity contribution is -0.141. The standard InChI is InChI=1S/C23H25Cl2N3O5S/c1-3-19(22(30)26-4-2)27(14-15-9-10-16(24)13-18(15)25)21(29)11-12-28-23(31)17-7-5-6-8-20(17)34(28,32)33/h5-10,13,19H,3-4,11-12,14H2,1-2H3,(H,26,30)/t19-/m0/s1. The van der Waals surface area contributed by atoms with Gasteiger partial charge in [0.05, 0.1) is 5.56 Å². The summed E-state index contributed by atoms with van der Waals surface area (Å²) in [5.74, 6) is -1.49. The van der Waals surface area contributed by atoms with Crippen LogP contribution in [0.5, 0.6) is 0 Å². The first-order valence-corrected chi connectivity index (χ1v) is 13.0. The largest absolute Gasteiger partial charge is 0.355 e. The second-order valence-electron chi connectivity index (χ2n) is 7.70. The van der Waals surface area contributed by atoms with Gasteiger partial charge in [-0.3, -0.25) is 14.4 Å². The molecule has 34 heavy (non-hydrogen) atoms. The molecule has 11 heteroatoms. The van der Waals surface area contributed by atoms with E-state index in [9.17, 15) is 22.8 Å². The summed E-state index contributed by atoms with van der Waals surface area (Å²) in [7, 11) is -4.04. The van der Waals surface area contributed by atoms with E-state index < -0.39 is 27.9 Å². The number of carbonyl (C=O) groups excluding carboxylic acids is 3. The van der Waals surface area contributed by atoms with Crippen LogP contribution in [0.15, 0.2) is 47.4 Å². The van der Waals surface area contributed by atoms with Crippen molar-refractivity contribution in [3.63, 3.8) is 0 Å². The maximum absolute atomic E-state index is 13.3. The number of fused-ring (bicyclic) bond motifs is 1. The first kappa shape index (κ1) is 26.0. The Morgan fingerprint density at radius 1 is 1.12 bits per heavy atom. The predicted octanol–water partition coefficient (Wildman–Crippen LogP) is 3.47. The van der Waals surface area contributed by atoms with Gasteiger partial charge in [0.1, 0.15) is 10.9 Å². The molecule has 0 bridgehead atoms. The third kappa shape index (κ3) is 5.21. The van der Waals surface area contributed by atoms with Crippen molar-refractivity contribution in [1.82, 2.24) is 14.5 Å². The summed E-state index contributed by atoms with van der Waals surface area (Å²) in [6, 6.07) is 9.95. The molecule has 1 N–H and O–H groups in total. The van der Waals surface area contributed by atoms with Crippen LogP contribution in [0, 0.1) is 0 Å². The molecule has 1 heterocycles. The number of nitrogens with one attached hydrogen (secondary N) is 1. The van der Waals surface area contributed by atoms with E-state index >= 15 is 0 Å². The minimum absolute atomic E-state index is 0.0192. The van der Waals surface area contributed by atoms with Crippen molar-refractivity contribution in [2.24, 2.45) is 0 Å². The van der Waals surface area contributed by atoms with E-state index in [1.54, 1.807) is 38.1 Å². The summed E-state index contributed by atoms with van der Waals surface area (Å²) in [6.07, 6.45) is 0.0369. The molecular formula is C23H25Cl2N3O5S. The van der Waals surface area contributed by atoms with Crippen LogP contribution in [0.25, 0.3) is 0 Å². The summed E-state index contributed by atoms with van der Waals surface area (Å²) >= 11 is 12.3. The Hall–Kier alpha value is -2.62. The predicted molar refractivity (Wildman–Crippen MR) is 129 cm³/mol. The second kappa shape index (κ2) is 10.8. The lowest BCUT2D eigenvalue weighted by atomic mass is 10.1. The Kier molecular flexibility index (Phi) is 8.22. The molecule has 1 aliphatic heterocycles. The zero-order valence-electron chi connectivity index (χ0n) is 18.8. The fourth-order valence-electron chi connectivity index (χ4n) is 3.84. The number of rotatable bonds is 9. The van der Waals surface area contributed by atoms with Crippen molar-refractivity contribution >= 4 is 50.9 Å². The highest BCUT2D eigenvalue weighted by molar-refractivity contribution is 7.90. The van der Waals surface area contributed by atoms with E-state index in [-0.39, 0.29) is 35.9 Å². The lowest BCUT2D eigenvalue weighted by Crippen LogP contribution is -2.49. The van der Waals surface area contributed by atoms with Gasteiger partial charge in [-0.1, -0.05) is 48.3 Å². The topological polar surface area (TPSA) is 104 Å². The smallest absolute Gasteiger partial charge is 0.269 e. The van der Waals surface area contributed by atoms with E-state index in [0.717, 1.165) is 0 Å². The number of amides is 3. The number of carbonyl (C=O) groups is 3. The minimum atomic E-state index is -4.04. The van der Waals surface area contributed by atoms with Gasteiger partial charge in [0.15, 0.2) is 0 Å². The van der Waals surface area contributed by atoms with Gasteiger partial charge in [0.25, 0.3) is 15.9 Å². The van der Waals surface area contributed by atoms with Crippen LogP contribution in [-0.4, -0.2) is 54.5 Å². The average molecular weight is 526 g/mol. The molecule has 0 spiro atoms. The van der Waals surface area contributed by atoms with Crippen molar-refractivity contribution in [1.29, 1.82) is 0 Å². The number of likely N-dealkylation sites (N-methyl/N-ethyl adjacent to an activating group) is 1. The van der Waals surface area contributed by atoms with Gasteiger partial charge in [-0.2, -0.15) is 0 Å². The summed E-state index contributed by atoms with van der Waals surface area (Å²) in [4.78, 5) is 40.0. The molecule has 182 valence electrons. The molecule has 2 aromatic rings. The Morgan fingerprint density at radius 3 is 2.44 bits per heavy atom. The van der Waals surface area contributed by atoms with Crippen LogP contribution < -0.4 is 5.32 Å². The maximum Gasteiger partial charge on any atom is 0.269 e. The molecule has 0 radical (unpaired) electrons. The molecule has 2 aromatic carbocycles. The Morgan fingerprint density at radius 2 is 1.82 bits per heavy atom. The summed E-state index contributed by atoms with van der Waals surface area (Å²) in [6.45, 7) is 3.61. The molecule has 8 nitrogen and oxygen atoms in total. The molecule has 0 aliphatic carbocycles. The van der Waals surface area contributed by atoms with Gasteiger partial charge in [0.2, 0.25) is 11.8 Å². The van der Waals surface area contributed by atoms with E-state index in [0.29, 0.717) is 32.9 Å². The highest BCUT2D eigenvalue weighted by atomic mass is 35.5. The van der Waals surface area contributed by atoms with E-state index in [2.05, 4.69) is 5.32 Å². The van der Waals surface area contributed by atoms with E-state index in [4.69, 9.17) is 23.2 Å². The van der Waals surface area contributed by atoms with Crippen molar-refractivity contribution in [2.75, 3.05) is 13.1 Å². The number of hydrogen-bond acceptors (Lipinski definition) is 5. The molecule has 3 rings (SSSR count). The quantitative estimate of drug-likeness (QED) is 0.539. The zero-order valence-corrected chi connectivity index (χ0v) is 21.1. The maximum atomic E-state index is 13.3. The van der Waals surface area contributed by atoms with Crippen molar-refractivity contribution in [3.05, 3.63) is 63.6 Å². The van der Waals surface area contributed by atoms with E-state index in [1.807, 2.05) is 0 Å². The Balaban J connectivity index is 1.85. The second-order valence-corrected chi connectivity index (χ2v) is 10.4. The number of nitrogens with zero attached hydrogens (tertiary/aromatic N) is 2. The van der Waals surface area contributed by atoms with Gasteiger partial charge < -0.3 is 10.2 Å². The van der Waals surface area contributed by atoms with Crippen LogP contribution in [0.1, 0.15) is 42.6 Å². The molecule has 0 fully saturated rings. The average Bonchev–Trinajstić information content (AvgIpc) is 2.99. The third-order valence-electron chi connectivity index (χ3n) is 5.53. The fraction of sp³-hybridized carbons (Fsp3) is 0.348. The zero-order chi connectivity index (χ0) is 25.0. The highest BCUT2D eigenvalue weighted by Gasteiger charge is 2.41. The van der Waals surface area contributed by atoms with Crippen molar-refractivity contribution < 1.29 is 22.8 Å². The monoisotopic (exact) mass is 525 g/mol. The van der Waals surface area contributed by atoms with Crippen LogP contribution in [-0.2, 0) is 26.2 Å². The fourth-order valence-corrected chi connectivity index (χ4v) is 5.88. The first-order chi connectivity index (χ1) is 16.1. The number of benzene rings is 2. The van der Waals surface area contributed by atoms with Crippen LogP contribution >= 0.6 is 23.2 Å². The van der Waals surface area contributed by atoms with Crippen molar-refractivity contribution in [3.8, 4) is 0 Å². The van der Waals surface area contributed by atoms with Gasteiger partial charge in [-0.15, -0.1) is 0 Å². The first-order valence-electron chi connectivity index (χ1n) is 10.8. The van der Waals surface area contributed by atoms with Crippen LogP contribution in [0.4, 0.5) is 0 Å². The van der Waals surface area contributed by atoms with Gasteiger partial charge >= 0.3 is 0 Å². The summed E-state index contributed by atoms with van der Waals surface area (Å²) in [5.41, 5.74) is 0.660. The third-order valence-corrected chi connectivity index (χ3v) is 7.96. The molecule has 3 amide bonds. The van der Waals surface area contributed by atoms with Gasteiger partial charge in [-0.05, 0) is 43.2 Å². The normalized spacial score (nSPS) is 15.1.